The van der Waals surface area contributed by atoms with Crippen molar-refractivity contribution >= 4 is 0 Å². The first-order valence-corrected chi connectivity index (χ1v) is 6.62. The van der Waals surface area contributed by atoms with Gasteiger partial charge in [-0.2, -0.15) is 5.10 Å². The van der Waals surface area contributed by atoms with Crippen LogP contribution in [0.3, 0.4) is 0 Å². The smallest absolute Gasteiger partial charge is 0.149 e. The van der Waals surface area contributed by atoms with Gasteiger partial charge in [0.25, 0.3) is 0 Å². The zero-order chi connectivity index (χ0) is 14.0. The van der Waals surface area contributed by atoms with Crippen molar-refractivity contribution in [3.05, 3.63) is 46.5 Å². The molecule has 0 saturated heterocycles. The molecule has 0 spiro atoms. The quantitative estimate of drug-likeness (QED) is 0.919. The van der Waals surface area contributed by atoms with Crippen LogP contribution in [0.25, 0.3) is 5.69 Å². The first-order chi connectivity index (χ1) is 9.08. The first-order valence-electron chi connectivity index (χ1n) is 6.62. The van der Waals surface area contributed by atoms with Gasteiger partial charge in [0.2, 0.25) is 0 Å². The second kappa shape index (κ2) is 5.53. The predicted molar refractivity (Wildman–Crippen MR) is 75.1 cm³/mol. The zero-order valence-corrected chi connectivity index (χ0v) is 11.7. The van der Waals surface area contributed by atoms with Crippen LogP contribution < -0.4 is 5.73 Å². The van der Waals surface area contributed by atoms with E-state index in [9.17, 15) is 4.39 Å². The van der Waals surface area contributed by atoms with E-state index in [0.717, 1.165) is 23.4 Å². The molecule has 1 aromatic carbocycles. The maximum Gasteiger partial charge on any atom is 0.149 e. The van der Waals surface area contributed by atoms with Crippen LogP contribution in [-0.4, -0.2) is 16.3 Å². The van der Waals surface area contributed by atoms with Crippen LogP contribution in [0.1, 0.15) is 29.4 Å². The predicted octanol–water partition coefficient (Wildman–Crippen LogP) is 2.69. The average Bonchev–Trinajstić information content (AvgIpc) is 2.65. The Morgan fingerprint density at radius 2 is 2.05 bits per heavy atom. The van der Waals surface area contributed by atoms with Gasteiger partial charge >= 0.3 is 0 Å². The van der Waals surface area contributed by atoms with Crippen LogP contribution in [0.5, 0.6) is 0 Å². The third kappa shape index (κ3) is 2.54. The van der Waals surface area contributed by atoms with Gasteiger partial charge in [-0.05, 0) is 56.5 Å². The van der Waals surface area contributed by atoms with Crippen LogP contribution in [0.15, 0.2) is 18.2 Å². The highest BCUT2D eigenvalue weighted by molar-refractivity contribution is 5.40. The third-order valence-electron chi connectivity index (χ3n) is 3.47. The Bertz CT molecular complexity index is 587. The lowest BCUT2D eigenvalue weighted by molar-refractivity contribution is 0.605. The molecule has 0 amide bonds. The van der Waals surface area contributed by atoms with Crippen molar-refractivity contribution < 1.29 is 4.39 Å². The molecule has 0 aliphatic carbocycles. The molecule has 2 N–H and O–H groups in total. The molecule has 4 heteroatoms. The molecule has 3 nitrogen and oxygen atoms in total. The number of aryl methyl sites for hydroxylation is 1. The second-order valence-electron chi connectivity index (χ2n) is 4.74. The van der Waals surface area contributed by atoms with E-state index in [1.807, 2.05) is 19.9 Å². The second-order valence-corrected chi connectivity index (χ2v) is 4.74. The summed E-state index contributed by atoms with van der Waals surface area (Å²) in [5, 5.41) is 4.44. The molecule has 0 unspecified atom stereocenters. The molecule has 0 saturated carbocycles. The number of rotatable bonds is 4. The SMILES string of the molecule is CCc1c(C)nn(-c2ccc(CCN)cc2F)c1C. The number of aromatic nitrogens is 2. The Balaban J connectivity index is 2.47. The van der Waals surface area contributed by atoms with E-state index in [4.69, 9.17) is 5.73 Å². The van der Waals surface area contributed by atoms with E-state index in [1.165, 1.54) is 5.56 Å². The molecule has 0 bridgehead atoms. The van der Waals surface area contributed by atoms with Crippen molar-refractivity contribution in [2.45, 2.75) is 33.6 Å². The summed E-state index contributed by atoms with van der Waals surface area (Å²) in [6.07, 6.45) is 1.60. The van der Waals surface area contributed by atoms with Crippen LogP contribution in [0.2, 0.25) is 0 Å². The van der Waals surface area contributed by atoms with Crippen LogP contribution in [0.4, 0.5) is 4.39 Å². The van der Waals surface area contributed by atoms with E-state index >= 15 is 0 Å². The molecule has 0 atom stereocenters. The number of nitrogens with zero attached hydrogens (tertiary/aromatic N) is 2. The molecule has 0 aliphatic rings. The lowest BCUT2D eigenvalue weighted by Crippen LogP contribution is -2.06. The van der Waals surface area contributed by atoms with E-state index in [-0.39, 0.29) is 5.82 Å². The fourth-order valence-electron chi connectivity index (χ4n) is 2.47. The van der Waals surface area contributed by atoms with Gasteiger partial charge in [-0.25, -0.2) is 9.07 Å². The maximum atomic E-state index is 14.2. The van der Waals surface area contributed by atoms with Crippen molar-refractivity contribution in [2.75, 3.05) is 6.54 Å². The van der Waals surface area contributed by atoms with E-state index in [2.05, 4.69) is 12.0 Å². The van der Waals surface area contributed by atoms with Crippen molar-refractivity contribution in [1.29, 1.82) is 0 Å². The van der Waals surface area contributed by atoms with Crippen molar-refractivity contribution in [1.82, 2.24) is 9.78 Å². The van der Waals surface area contributed by atoms with E-state index in [0.29, 0.717) is 18.7 Å². The molecule has 2 aromatic rings. The largest absolute Gasteiger partial charge is 0.330 e. The summed E-state index contributed by atoms with van der Waals surface area (Å²) in [6.45, 7) is 6.55. The number of hydrogen-bond donors (Lipinski definition) is 1. The lowest BCUT2D eigenvalue weighted by atomic mass is 10.1. The molecular weight excluding hydrogens is 241 g/mol. The van der Waals surface area contributed by atoms with E-state index in [1.54, 1.807) is 16.8 Å². The molecule has 102 valence electrons. The van der Waals surface area contributed by atoms with Gasteiger partial charge in [0, 0.05) is 5.69 Å². The Labute approximate surface area is 113 Å². The molecule has 19 heavy (non-hydrogen) atoms. The summed E-state index contributed by atoms with van der Waals surface area (Å²) in [5.41, 5.74) is 10.1. The van der Waals surface area contributed by atoms with Crippen molar-refractivity contribution in [2.24, 2.45) is 5.73 Å². The van der Waals surface area contributed by atoms with Crippen molar-refractivity contribution in [3.63, 3.8) is 0 Å². The number of halogens is 1. The Morgan fingerprint density at radius 1 is 1.32 bits per heavy atom. The van der Waals surface area contributed by atoms with Gasteiger partial charge in [-0.3, -0.25) is 0 Å². The highest BCUT2D eigenvalue weighted by Crippen LogP contribution is 2.21. The standard InChI is InChI=1S/C15H20FN3/c1-4-13-10(2)18-19(11(13)3)15-6-5-12(7-8-17)9-14(15)16/h5-6,9H,4,7-8,17H2,1-3H3. The van der Waals surface area contributed by atoms with Gasteiger partial charge in [0.05, 0.1) is 5.69 Å². The zero-order valence-electron chi connectivity index (χ0n) is 11.7. The number of benzene rings is 1. The summed E-state index contributed by atoms with van der Waals surface area (Å²) in [5.74, 6) is -0.251. The maximum absolute atomic E-state index is 14.2. The van der Waals surface area contributed by atoms with Gasteiger partial charge < -0.3 is 5.73 Å². The Morgan fingerprint density at radius 3 is 2.58 bits per heavy atom. The third-order valence-corrected chi connectivity index (χ3v) is 3.47. The molecular formula is C15H20FN3. The molecule has 0 fully saturated rings. The summed E-state index contributed by atoms with van der Waals surface area (Å²) >= 11 is 0. The molecule has 0 radical (unpaired) electrons. The van der Waals surface area contributed by atoms with Gasteiger partial charge in [0.1, 0.15) is 11.5 Å². The fourth-order valence-corrected chi connectivity index (χ4v) is 2.47. The van der Waals surface area contributed by atoms with Gasteiger partial charge in [-0.1, -0.05) is 13.0 Å². The molecule has 2 rings (SSSR count). The van der Waals surface area contributed by atoms with Gasteiger partial charge in [0.15, 0.2) is 0 Å². The van der Waals surface area contributed by atoms with Crippen LogP contribution in [0, 0.1) is 19.7 Å². The first kappa shape index (κ1) is 13.7. The fraction of sp³-hybridized carbons (Fsp3) is 0.400. The minimum atomic E-state index is -0.251. The number of hydrogen-bond acceptors (Lipinski definition) is 2. The highest BCUT2D eigenvalue weighted by atomic mass is 19.1. The van der Waals surface area contributed by atoms with Crippen LogP contribution in [-0.2, 0) is 12.8 Å². The Kier molecular flexibility index (Phi) is 4.00. The average molecular weight is 261 g/mol. The minimum Gasteiger partial charge on any atom is -0.330 e. The van der Waals surface area contributed by atoms with E-state index < -0.39 is 0 Å². The highest BCUT2D eigenvalue weighted by Gasteiger charge is 2.14. The lowest BCUT2D eigenvalue weighted by Gasteiger charge is -2.08. The topological polar surface area (TPSA) is 43.8 Å². The summed E-state index contributed by atoms with van der Waals surface area (Å²) in [7, 11) is 0. The normalized spacial score (nSPS) is 11.0. The van der Waals surface area contributed by atoms with Crippen LogP contribution >= 0.6 is 0 Å². The Hall–Kier alpha value is -1.68. The van der Waals surface area contributed by atoms with Gasteiger partial charge in [-0.15, -0.1) is 0 Å². The number of nitrogens with two attached hydrogens (primary N) is 1. The summed E-state index contributed by atoms with van der Waals surface area (Å²) < 4.78 is 15.9. The molecule has 1 heterocycles. The minimum absolute atomic E-state index is 0.251. The summed E-state index contributed by atoms with van der Waals surface area (Å²) in [6, 6.07) is 5.23. The monoisotopic (exact) mass is 261 g/mol. The molecule has 0 aliphatic heterocycles. The van der Waals surface area contributed by atoms with Crippen molar-refractivity contribution in [3.8, 4) is 5.69 Å². The summed E-state index contributed by atoms with van der Waals surface area (Å²) in [4.78, 5) is 0. The molecule has 1 aromatic heterocycles.